The van der Waals surface area contributed by atoms with E-state index in [0.717, 1.165) is 14.0 Å². The van der Waals surface area contributed by atoms with Crippen LogP contribution in [0.2, 0.25) is 0 Å². The van der Waals surface area contributed by atoms with Crippen LogP contribution in [0.5, 0.6) is 0 Å². The SMILES string of the molecule is COC(=O)[C@H](OC(C)=O)[C@@]1(O)[C@H](C)C[C@H]2[C@@H]3CCC4=CC(=O)C=C[C@]4(C)[C@@]3(F)[C@@H](O)C[C@@]21C. The van der Waals surface area contributed by atoms with Gasteiger partial charge in [0.05, 0.1) is 13.2 Å². The number of carbonyl (C=O) groups is 3. The summed E-state index contributed by atoms with van der Waals surface area (Å²) in [5, 5.41) is 23.4. The predicted octanol–water partition coefficient (Wildman–Crippen LogP) is 2.44. The van der Waals surface area contributed by atoms with Gasteiger partial charge in [-0.2, -0.15) is 0 Å². The summed E-state index contributed by atoms with van der Waals surface area (Å²) < 4.78 is 27.3. The fourth-order valence-corrected chi connectivity index (χ4v) is 7.73. The maximum absolute atomic E-state index is 17.2. The van der Waals surface area contributed by atoms with Gasteiger partial charge in [-0.25, -0.2) is 9.18 Å². The molecule has 0 spiro atoms. The molecule has 0 aromatic heterocycles. The molecule has 0 amide bonds. The molecule has 33 heavy (non-hydrogen) atoms. The zero-order valence-corrected chi connectivity index (χ0v) is 19.8. The Morgan fingerprint density at radius 3 is 2.55 bits per heavy atom. The van der Waals surface area contributed by atoms with Crippen molar-refractivity contribution in [1.82, 2.24) is 0 Å². The Balaban J connectivity index is 1.82. The molecule has 4 aliphatic carbocycles. The second-order valence-corrected chi connectivity index (χ2v) is 10.7. The number of ketones is 1. The van der Waals surface area contributed by atoms with E-state index in [1.807, 2.05) is 0 Å². The van der Waals surface area contributed by atoms with Gasteiger partial charge in [-0.1, -0.05) is 25.5 Å². The second kappa shape index (κ2) is 7.47. The first-order chi connectivity index (χ1) is 15.3. The quantitative estimate of drug-likeness (QED) is 0.618. The number of aliphatic hydroxyl groups is 2. The van der Waals surface area contributed by atoms with Gasteiger partial charge in [0.15, 0.2) is 11.5 Å². The molecule has 0 radical (unpaired) electrons. The number of allylic oxidation sites excluding steroid dienone is 4. The fourth-order valence-electron chi connectivity index (χ4n) is 7.73. The molecule has 9 atom stereocenters. The number of hydrogen-bond acceptors (Lipinski definition) is 7. The first-order valence-electron chi connectivity index (χ1n) is 11.6. The van der Waals surface area contributed by atoms with Crippen molar-refractivity contribution in [3.63, 3.8) is 0 Å². The van der Waals surface area contributed by atoms with Crippen molar-refractivity contribution in [3.05, 3.63) is 23.8 Å². The highest BCUT2D eigenvalue weighted by molar-refractivity contribution is 6.01. The van der Waals surface area contributed by atoms with Crippen LogP contribution in [-0.4, -0.2) is 58.5 Å². The zero-order chi connectivity index (χ0) is 24.6. The average Bonchev–Trinajstić information content (AvgIpc) is 2.94. The van der Waals surface area contributed by atoms with Gasteiger partial charge < -0.3 is 19.7 Å². The molecular weight excluding hydrogens is 431 g/mol. The lowest BCUT2D eigenvalue weighted by atomic mass is 9.44. The van der Waals surface area contributed by atoms with Crippen LogP contribution in [0.25, 0.3) is 0 Å². The van der Waals surface area contributed by atoms with Gasteiger partial charge in [0.25, 0.3) is 0 Å². The number of fused-ring (bicyclic) bond motifs is 5. The number of ether oxygens (including phenoxy) is 2. The van der Waals surface area contributed by atoms with Crippen molar-refractivity contribution in [2.24, 2.45) is 28.6 Å². The molecular formula is C25H33FO7. The summed E-state index contributed by atoms with van der Waals surface area (Å²) in [7, 11) is 1.15. The topological polar surface area (TPSA) is 110 Å². The van der Waals surface area contributed by atoms with E-state index in [9.17, 15) is 24.6 Å². The molecule has 8 heteroatoms. The Labute approximate surface area is 193 Å². The third-order valence-corrected chi connectivity index (χ3v) is 9.40. The minimum Gasteiger partial charge on any atom is -0.466 e. The number of rotatable bonds is 3. The van der Waals surface area contributed by atoms with E-state index < -0.39 is 64.0 Å². The van der Waals surface area contributed by atoms with Gasteiger partial charge in [-0.05, 0) is 56.6 Å². The number of methoxy groups -OCH3 is 1. The van der Waals surface area contributed by atoms with E-state index in [0.29, 0.717) is 24.8 Å². The van der Waals surface area contributed by atoms with Crippen molar-refractivity contribution in [2.75, 3.05) is 7.11 Å². The van der Waals surface area contributed by atoms with Gasteiger partial charge in [-0.15, -0.1) is 0 Å². The molecule has 4 aliphatic rings. The van der Waals surface area contributed by atoms with Crippen molar-refractivity contribution in [3.8, 4) is 0 Å². The summed E-state index contributed by atoms with van der Waals surface area (Å²) in [6.07, 6.45) is 2.50. The van der Waals surface area contributed by atoms with Gasteiger partial charge in [-0.3, -0.25) is 9.59 Å². The van der Waals surface area contributed by atoms with Crippen LogP contribution in [0.15, 0.2) is 23.8 Å². The molecule has 0 unspecified atom stereocenters. The van der Waals surface area contributed by atoms with Crippen LogP contribution >= 0.6 is 0 Å². The molecule has 4 rings (SSSR count). The van der Waals surface area contributed by atoms with Crippen molar-refractivity contribution in [2.45, 2.75) is 76.9 Å². The predicted molar refractivity (Wildman–Crippen MR) is 115 cm³/mol. The number of alkyl halides is 1. The van der Waals surface area contributed by atoms with E-state index in [4.69, 9.17) is 9.47 Å². The summed E-state index contributed by atoms with van der Waals surface area (Å²) in [5.74, 6) is -3.37. The van der Waals surface area contributed by atoms with E-state index in [1.54, 1.807) is 26.8 Å². The highest BCUT2D eigenvalue weighted by atomic mass is 19.1. The van der Waals surface area contributed by atoms with Gasteiger partial charge in [0, 0.05) is 23.7 Å². The minimum absolute atomic E-state index is 0.134. The summed E-state index contributed by atoms with van der Waals surface area (Å²) >= 11 is 0. The standard InChI is InChI=1S/C25H33FO7/c1-13-10-18-17-7-6-15-11-16(28)8-9-22(15,3)24(17,26)19(29)12-23(18,4)25(13,31)20(21(30)32-5)33-14(2)27/h8-9,11,13,17-20,29,31H,6-7,10,12H2,1-5H3/t13-,17+,18+,19+,20+,22+,23+,24+,25+/m1/s1. The van der Waals surface area contributed by atoms with Crippen molar-refractivity contribution < 1.29 is 38.5 Å². The summed E-state index contributed by atoms with van der Waals surface area (Å²) in [4.78, 5) is 36.4. The normalized spacial score (nSPS) is 47.0. The molecule has 0 aliphatic heterocycles. The van der Waals surface area contributed by atoms with E-state index in [-0.39, 0.29) is 12.2 Å². The molecule has 7 nitrogen and oxygen atoms in total. The number of halogens is 1. The monoisotopic (exact) mass is 464 g/mol. The highest BCUT2D eigenvalue weighted by Gasteiger charge is 2.76. The van der Waals surface area contributed by atoms with Gasteiger partial charge in [0.1, 0.15) is 5.60 Å². The minimum atomic E-state index is -2.05. The number of aliphatic hydroxyl groups excluding tert-OH is 1. The third-order valence-electron chi connectivity index (χ3n) is 9.40. The van der Waals surface area contributed by atoms with Crippen LogP contribution in [0.1, 0.15) is 53.4 Å². The summed E-state index contributed by atoms with van der Waals surface area (Å²) in [6.45, 7) is 6.37. The summed E-state index contributed by atoms with van der Waals surface area (Å²) in [5.41, 5.74) is -5.50. The lowest BCUT2D eigenvalue weighted by Crippen LogP contribution is -2.70. The maximum Gasteiger partial charge on any atom is 0.350 e. The Kier molecular flexibility index (Phi) is 5.45. The van der Waals surface area contributed by atoms with Gasteiger partial charge >= 0.3 is 11.9 Å². The molecule has 3 fully saturated rings. The van der Waals surface area contributed by atoms with Crippen LogP contribution in [0.3, 0.4) is 0 Å². The molecule has 0 bridgehead atoms. The fraction of sp³-hybridized carbons (Fsp3) is 0.720. The van der Waals surface area contributed by atoms with Crippen molar-refractivity contribution >= 4 is 17.7 Å². The third kappa shape index (κ3) is 2.89. The smallest absolute Gasteiger partial charge is 0.350 e. The Hall–Kier alpha value is -2.06. The average molecular weight is 465 g/mol. The van der Waals surface area contributed by atoms with Crippen LogP contribution in [-0.2, 0) is 23.9 Å². The Bertz CT molecular complexity index is 958. The maximum atomic E-state index is 17.2. The Morgan fingerprint density at radius 2 is 1.94 bits per heavy atom. The number of carbonyl (C=O) groups excluding carboxylic acids is 3. The zero-order valence-electron chi connectivity index (χ0n) is 19.8. The molecule has 0 saturated heterocycles. The molecule has 0 heterocycles. The molecule has 3 saturated carbocycles. The largest absolute Gasteiger partial charge is 0.466 e. The lowest BCUT2D eigenvalue weighted by molar-refractivity contribution is -0.245. The van der Waals surface area contributed by atoms with Crippen LogP contribution in [0, 0.1) is 28.6 Å². The lowest BCUT2D eigenvalue weighted by Gasteiger charge is -2.63. The van der Waals surface area contributed by atoms with E-state index in [1.165, 1.54) is 12.2 Å². The second-order valence-electron chi connectivity index (χ2n) is 10.7. The molecule has 0 aromatic rings. The van der Waals surface area contributed by atoms with E-state index in [2.05, 4.69) is 0 Å². The Morgan fingerprint density at radius 1 is 1.27 bits per heavy atom. The summed E-state index contributed by atoms with van der Waals surface area (Å²) in [6, 6.07) is 0. The van der Waals surface area contributed by atoms with Gasteiger partial charge in [0.2, 0.25) is 6.10 Å². The number of esters is 2. The van der Waals surface area contributed by atoms with Crippen LogP contribution in [0.4, 0.5) is 4.39 Å². The van der Waals surface area contributed by atoms with Crippen molar-refractivity contribution in [1.29, 1.82) is 0 Å². The first-order valence-corrected chi connectivity index (χ1v) is 11.6. The molecule has 2 N–H and O–H groups in total. The highest BCUT2D eigenvalue weighted by Crippen LogP contribution is 2.71. The number of hydrogen-bond donors (Lipinski definition) is 2. The van der Waals surface area contributed by atoms with E-state index >= 15 is 4.39 Å². The van der Waals surface area contributed by atoms with Crippen LogP contribution < -0.4 is 0 Å². The first kappa shape index (κ1) is 24.1. The molecule has 182 valence electrons. The molecule has 0 aromatic carbocycles.